The molecule has 5 heteroatoms. The third kappa shape index (κ3) is 4.51. The van der Waals surface area contributed by atoms with Crippen LogP contribution in [0.2, 0.25) is 0 Å². The van der Waals surface area contributed by atoms with E-state index in [1.807, 2.05) is 57.4 Å². The van der Waals surface area contributed by atoms with Crippen LogP contribution < -0.4 is 15.5 Å². The van der Waals surface area contributed by atoms with Crippen LogP contribution in [0, 0.1) is 6.92 Å². The Morgan fingerprint density at radius 3 is 2.27 bits per heavy atom. The molecule has 2 aromatic carbocycles. The van der Waals surface area contributed by atoms with Gasteiger partial charge in [-0.3, -0.25) is 0 Å². The lowest BCUT2D eigenvalue weighted by atomic mass is 10.1. The summed E-state index contributed by atoms with van der Waals surface area (Å²) in [6, 6.07) is 20.6. The van der Waals surface area contributed by atoms with Crippen molar-refractivity contribution in [3.63, 3.8) is 0 Å². The van der Waals surface area contributed by atoms with Crippen LogP contribution in [0.5, 0.6) is 0 Å². The Kier molecular flexibility index (Phi) is 5.37. The summed E-state index contributed by atoms with van der Waals surface area (Å²) in [5.74, 6) is 1.40. The Morgan fingerprint density at radius 1 is 0.923 bits per heavy atom. The van der Waals surface area contributed by atoms with Crippen molar-refractivity contribution in [3.05, 3.63) is 71.9 Å². The minimum absolute atomic E-state index is 0.130. The molecule has 0 saturated carbocycles. The van der Waals surface area contributed by atoms with Crippen molar-refractivity contribution >= 4 is 23.1 Å². The molecule has 26 heavy (non-hydrogen) atoms. The van der Waals surface area contributed by atoms with Gasteiger partial charge in [0.05, 0.1) is 6.04 Å². The first-order valence-electron chi connectivity index (χ1n) is 8.73. The van der Waals surface area contributed by atoms with Gasteiger partial charge >= 0.3 is 0 Å². The van der Waals surface area contributed by atoms with Gasteiger partial charge in [0, 0.05) is 37.2 Å². The summed E-state index contributed by atoms with van der Waals surface area (Å²) in [6.07, 6.45) is 0. The maximum atomic E-state index is 4.61. The molecule has 2 N–H and O–H groups in total. The standard InChI is InChI=1S/C21H25N5/c1-15-14-20(24-18-10-12-19(13-11-18)26(3)4)25-21(22-15)23-16(2)17-8-6-5-7-9-17/h5-14,16H,1-4H3,(H2,22,23,24,25). The number of rotatable bonds is 6. The van der Waals surface area contributed by atoms with Crippen molar-refractivity contribution in [1.29, 1.82) is 0 Å². The molecular formula is C21H25N5. The van der Waals surface area contributed by atoms with Crippen LogP contribution in [-0.2, 0) is 0 Å². The minimum Gasteiger partial charge on any atom is -0.378 e. The van der Waals surface area contributed by atoms with Crippen LogP contribution in [0.4, 0.5) is 23.1 Å². The molecule has 0 fully saturated rings. The highest BCUT2D eigenvalue weighted by Gasteiger charge is 2.08. The number of aryl methyl sites for hydroxylation is 1. The highest BCUT2D eigenvalue weighted by atomic mass is 15.2. The molecular weight excluding hydrogens is 322 g/mol. The van der Waals surface area contributed by atoms with E-state index in [0.717, 1.165) is 22.9 Å². The number of nitrogens with one attached hydrogen (secondary N) is 2. The number of hydrogen-bond acceptors (Lipinski definition) is 5. The summed E-state index contributed by atoms with van der Waals surface area (Å²) in [5.41, 5.74) is 4.27. The van der Waals surface area contributed by atoms with Crippen LogP contribution in [0.25, 0.3) is 0 Å². The fourth-order valence-corrected chi connectivity index (χ4v) is 2.71. The van der Waals surface area contributed by atoms with Crippen molar-refractivity contribution in [2.24, 2.45) is 0 Å². The SMILES string of the molecule is Cc1cc(Nc2ccc(N(C)C)cc2)nc(NC(C)c2ccccc2)n1. The van der Waals surface area contributed by atoms with Crippen LogP contribution in [0.3, 0.4) is 0 Å². The summed E-state index contributed by atoms with van der Waals surface area (Å²) < 4.78 is 0. The molecule has 0 bridgehead atoms. The number of hydrogen-bond donors (Lipinski definition) is 2. The Bertz CT molecular complexity index is 844. The molecule has 1 atom stereocenters. The number of benzene rings is 2. The summed E-state index contributed by atoms with van der Waals surface area (Å²) in [5, 5.41) is 6.73. The largest absolute Gasteiger partial charge is 0.378 e. The molecule has 0 spiro atoms. The van der Waals surface area contributed by atoms with Gasteiger partial charge in [-0.1, -0.05) is 30.3 Å². The normalized spacial score (nSPS) is 11.7. The molecule has 3 rings (SSSR count). The van der Waals surface area contributed by atoms with Crippen molar-refractivity contribution in [2.75, 3.05) is 29.6 Å². The van der Waals surface area contributed by atoms with Crippen LogP contribution >= 0.6 is 0 Å². The Morgan fingerprint density at radius 2 is 1.62 bits per heavy atom. The Labute approximate surface area is 155 Å². The van der Waals surface area contributed by atoms with E-state index in [4.69, 9.17) is 0 Å². The van der Waals surface area contributed by atoms with Gasteiger partial charge in [-0.05, 0) is 43.7 Å². The first-order chi connectivity index (χ1) is 12.5. The van der Waals surface area contributed by atoms with Crippen molar-refractivity contribution in [1.82, 2.24) is 9.97 Å². The molecule has 0 saturated heterocycles. The number of anilines is 4. The quantitative estimate of drug-likeness (QED) is 0.673. The molecule has 0 radical (unpaired) electrons. The maximum Gasteiger partial charge on any atom is 0.225 e. The zero-order valence-electron chi connectivity index (χ0n) is 15.7. The van der Waals surface area contributed by atoms with E-state index in [0.29, 0.717) is 5.95 Å². The first-order valence-corrected chi connectivity index (χ1v) is 8.73. The van der Waals surface area contributed by atoms with E-state index in [2.05, 4.69) is 56.7 Å². The van der Waals surface area contributed by atoms with Gasteiger partial charge in [-0.15, -0.1) is 0 Å². The third-order valence-electron chi connectivity index (χ3n) is 4.16. The first kappa shape index (κ1) is 17.7. The van der Waals surface area contributed by atoms with Crippen LogP contribution in [0.1, 0.15) is 24.2 Å². The van der Waals surface area contributed by atoms with Crippen LogP contribution in [-0.4, -0.2) is 24.1 Å². The van der Waals surface area contributed by atoms with E-state index in [9.17, 15) is 0 Å². The zero-order valence-corrected chi connectivity index (χ0v) is 15.7. The van der Waals surface area contributed by atoms with Crippen LogP contribution in [0.15, 0.2) is 60.7 Å². The molecule has 3 aromatic rings. The molecule has 1 aromatic heterocycles. The molecule has 0 aliphatic rings. The predicted molar refractivity (Wildman–Crippen MR) is 109 cm³/mol. The fourth-order valence-electron chi connectivity index (χ4n) is 2.71. The summed E-state index contributed by atoms with van der Waals surface area (Å²) >= 11 is 0. The monoisotopic (exact) mass is 347 g/mol. The minimum atomic E-state index is 0.130. The topological polar surface area (TPSA) is 53.1 Å². The summed E-state index contributed by atoms with van der Waals surface area (Å²) in [6.45, 7) is 4.08. The van der Waals surface area contributed by atoms with Gasteiger partial charge in [0.1, 0.15) is 5.82 Å². The highest BCUT2D eigenvalue weighted by Crippen LogP contribution is 2.22. The van der Waals surface area contributed by atoms with Gasteiger partial charge in [0.25, 0.3) is 0 Å². The van der Waals surface area contributed by atoms with E-state index in [1.54, 1.807) is 0 Å². The van der Waals surface area contributed by atoms with E-state index >= 15 is 0 Å². The molecule has 134 valence electrons. The molecule has 1 heterocycles. The van der Waals surface area contributed by atoms with Crippen molar-refractivity contribution in [3.8, 4) is 0 Å². The number of aromatic nitrogens is 2. The second kappa shape index (κ2) is 7.87. The van der Waals surface area contributed by atoms with Gasteiger partial charge in [0.2, 0.25) is 5.95 Å². The van der Waals surface area contributed by atoms with Crippen molar-refractivity contribution < 1.29 is 0 Å². The summed E-state index contributed by atoms with van der Waals surface area (Å²) in [7, 11) is 4.06. The second-order valence-electron chi connectivity index (χ2n) is 6.56. The van der Waals surface area contributed by atoms with Gasteiger partial charge in [-0.2, -0.15) is 4.98 Å². The van der Waals surface area contributed by atoms with E-state index in [1.165, 1.54) is 5.56 Å². The highest BCUT2D eigenvalue weighted by molar-refractivity contribution is 5.61. The summed E-state index contributed by atoms with van der Waals surface area (Å²) in [4.78, 5) is 11.2. The van der Waals surface area contributed by atoms with Gasteiger partial charge in [-0.25, -0.2) is 4.98 Å². The fraction of sp³-hybridized carbons (Fsp3) is 0.238. The number of nitrogens with zero attached hydrogens (tertiary/aromatic N) is 3. The smallest absolute Gasteiger partial charge is 0.225 e. The maximum absolute atomic E-state index is 4.61. The molecule has 0 amide bonds. The third-order valence-corrected chi connectivity index (χ3v) is 4.16. The average Bonchev–Trinajstić information content (AvgIpc) is 2.62. The van der Waals surface area contributed by atoms with Crippen molar-refractivity contribution in [2.45, 2.75) is 19.9 Å². The van der Waals surface area contributed by atoms with Gasteiger partial charge in [0.15, 0.2) is 0 Å². The van der Waals surface area contributed by atoms with Gasteiger partial charge < -0.3 is 15.5 Å². The average molecular weight is 347 g/mol. The Balaban J connectivity index is 1.75. The lowest BCUT2D eigenvalue weighted by molar-refractivity contribution is 0.858. The predicted octanol–water partition coefficient (Wildman–Crippen LogP) is 4.77. The molecule has 1 unspecified atom stereocenters. The second-order valence-corrected chi connectivity index (χ2v) is 6.56. The molecule has 0 aliphatic heterocycles. The molecule has 5 nitrogen and oxygen atoms in total. The zero-order chi connectivity index (χ0) is 18.5. The lowest BCUT2D eigenvalue weighted by Crippen LogP contribution is -2.11. The lowest BCUT2D eigenvalue weighted by Gasteiger charge is -2.16. The van der Waals surface area contributed by atoms with E-state index in [-0.39, 0.29) is 6.04 Å². The van der Waals surface area contributed by atoms with E-state index < -0.39 is 0 Å². The Hall–Kier alpha value is -3.08. The molecule has 0 aliphatic carbocycles.